The van der Waals surface area contributed by atoms with E-state index in [1.54, 1.807) is 12.4 Å². The first-order valence-electron chi connectivity index (χ1n) is 13.5. The molecule has 0 unspecified atom stereocenters. The van der Waals surface area contributed by atoms with E-state index in [1.165, 1.54) is 0 Å². The number of pyridine rings is 1. The van der Waals surface area contributed by atoms with Crippen LogP contribution in [0.5, 0.6) is 0 Å². The van der Waals surface area contributed by atoms with Crippen molar-refractivity contribution in [1.82, 2.24) is 24.8 Å². The molecule has 1 amide bonds. The van der Waals surface area contributed by atoms with Crippen LogP contribution in [0, 0.1) is 0 Å². The lowest BCUT2D eigenvalue weighted by molar-refractivity contribution is -0.124. The van der Waals surface area contributed by atoms with Gasteiger partial charge < -0.3 is 15.6 Å². The number of halogens is 2. The number of primary amides is 1. The van der Waals surface area contributed by atoms with E-state index in [0.29, 0.717) is 22.1 Å². The molecule has 4 heterocycles. The van der Waals surface area contributed by atoms with Crippen molar-refractivity contribution in [3.05, 3.63) is 77.2 Å². The number of carbonyl (C=O) groups excluding carboxylic acids is 1. The van der Waals surface area contributed by atoms with Crippen molar-refractivity contribution in [2.75, 3.05) is 37.6 Å². The van der Waals surface area contributed by atoms with Crippen LogP contribution in [0.4, 0.5) is 5.82 Å². The van der Waals surface area contributed by atoms with Crippen LogP contribution in [0.15, 0.2) is 61.6 Å². The van der Waals surface area contributed by atoms with E-state index < -0.39 is 6.04 Å². The molecule has 206 valence electrons. The molecule has 0 saturated carbocycles. The largest absolute Gasteiger partial charge is 0.368 e. The number of rotatable bonds is 9. The number of carbonyl (C=O) groups is 1. The number of aromatic amines is 1. The van der Waals surface area contributed by atoms with Crippen LogP contribution in [-0.4, -0.2) is 75.5 Å². The number of amides is 1. The van der Waals surface area contributed by atoms with Gasteiger partial charge >= 0.3 is 0 Å². The minimum atomic E-state index is -0.436. The molecule has 3 aromatic rings. The first kappa shape index (κ1) is 27.6. The van der Waals surface area contributed by atoms with Crippen molar-refractivity contribution >= 4 is 34.9 Å². The Labute approximate surface area is 239 Å². The number of H-pyrrole nitrogens is 1. The van der Waals surface area contributed by atoms with Crippen molar-refractivity contribution in [3.63, 3.8) is 0 Å². The molecule has 39 heavy (non-hydrogen) atoms. The topological polar surface area (TPSA) is 94.4 Å². The van der Waals surface area contributed by atoms with Gasteiger partial charge in [-0.15, -0.1) is 6.58 Å². The van der Waals surface area contributed by atoms with Crippen LogP contribution in [0.1, 0.15) is 37.3 Å². The van der Waals surface area contributed by atoms with Gasteiger partial charge in [0.15, 0.2) is 0 Å². The van der Waals surface area contributed by atoms with E-state index in [0.717, 1.165) is 81.2 Å². The summed E-state index contributed by atoms with van der Waals surface area (Å²) >= 11 is 12.8. The summed E-state index contributed by atoms with van der Waals surface area (Å²) in [5, 5.41) is 1.28. The summed E-state index contributed by atoms with van der Waals surface area (Å²) in [7, 11) is 0. The van der Waals surface area contributed by atoms with Crippen LogP contribution in [-0.2, 0) is 4.79 Å². The van der Waals surface area contributed by atoms with Gasteiger partial charge in [-0.3, -0.25) is 14.6 Å². The number of anilines is 1. The van der Waals surface area contributed by atoms with E-state index in [2.05, 4.69) is 31.2 Å². The molecule has 10 heteroatoms. The average Bonchev–Trinajstić information content (AvgIpc) is 3.48. The monoisotopic (exact) mass is 567 g/mol. The minimum Gasteiger partial charge on any atom is -0.368 e. The highest BCUT2D eigenvalue weighted by molar-refractivity contribution is 6.33. The second kappa shape index (κ2) is 12.5. The van der Waals surface area contributed by atoms with Crippen LogP contribution in [0.3, 0.4) is 0 Å². The molecule has 2 aliphatic heterocycles. The number of likely N-dealkylation sites (tertiary alicyclic amines) is 1. The maximum Gasteiger partial charge on any atom is 0.239 e. The zero-order valence-corrected chi connectivity index (χ0v) is 23.5. The Balaban J connectivity index is 1.26. The Morgan fingerprint density at radius 2 is 1.92 bits per heavy atom. The number of nitrogens with one attached hydrogen (secondary N) is 1. The van der Waals surface area contributed by atoms with Gasteiger partial charge in [-0.1, -0.05) is 41.4 Å². The smallest absolute Gasteiger partial charge is 0.239 e. The quantitative estimate of drug-likeness (QED) is 0.356. The number of imidazole rings is 1. The number of hydrogen-bond donors (Lipinski definition) is 2. The van der Waals surface area contributed by atoms with Crippen molar-refractivity contribution in [3.8, 4) is 11.4 Å². The Morgan fingerprint density at radius 3 is 2.56 bits per heavy atom. The maximum absolute atomic E-state index is 12.4. The van der Waals surface area contributed by atoms with E-state index >= 15 is 0 Å². The number of aromatic nitrogens is 3. The summed E-state index contributed by atoms with van der Waals surface area (Å²) in [6, 6.07) is 9.72. The van der Waals surface area contributed by atoms with E-state index in [4.69, 9.17) is 33.9 Å². The first-order chi connectivity index (χ1) is 18.9. The first-order valence-corrected chi connectivity index (χ1v) is 14.3. The minimum absolute atomic E-state index is 0.323. The van der Waals surface area contributed by atoms with Crippen LogP contribution >= 0.6 is 23.2 Å². The lowest BCUT2D eigenvalue weighted by Gasteiger charge is -2.48. The normalized spacial score (nSPS) is 20.2. The van der Waals surface area contributed by atoms with Gasteiger partial charge in [-0.2, -0.15) is 0 Å². The molecule has 0 aliphatic carbocycles. The lowest BCUT2D eigenvalue weighted by Crippen LogP contribution is -2.59. The number of piperidine rings is 1. The summed E-state index contributed by atoms with van der Waals surface area (Å²) in [4.78, 5) is 31.7. The average molecular weight is 569 g/mol. The SMILES string of the molecule is C=CCC[C@H]1CN(c2ncc(-c3ncc[nH]3)cc2Cl)CCN1C1CCN([C@@H](C(N)=O)c2ccc(Cl)cc2)CC1. The number of benzene rings is 1. The fourth-order valence-electron chi connectivity index (χ4n) is 6.00. The molecule has 1 aromatic carbocycles. The van der Waals surface area contributed by atoms with E-state index in [-0.39, 0.29) is 5.91 Å². The number of piperazine rings is 1. The van der Waals surface area contributed by atoms with Gasteiger partial charge in [0, 0.05) is 74.0 Å². The number of allylic oxidation sites excluding steroid dienone is 1. The summed E-state index contributed by atoms with van der Waals surface area (Å²) < 4.78 is 0. The van der Waals surface area contributed by atoms with E-state index in [1.807, 2.05) is 42.6 Å². The molecule has 0 radical (unpaired) electrons. The molecule has 2 aliphatic rings. The van der Waals surface area contributed by atoms with Crippen molar-refractivity contribution in [2.24, 2.45) is 5.73 Å². The maximum atomic E-state index is 12.4. The molecule has 2 fully saturated rings. The molecule has 0 spiro atoms. The molecule has 2 saturated heterocycles. The van der Waals surface area contributed by atoms with Gasteiger partial charge in [-0.05, 0) is 49.4 Å². The Bertz CT molecular complexity index is 1260. The van der Waals surface area contributed by atoms with Gasteiger partial charge in [0.25, 0.3) is 0 Å². The summed E-state index contributed by atoms with van der Waals surface area (Å²) in [6.07, 6.45) is 11.3. The van der Waals surface area contributed by atoms with Crippen LogP contribution in [0.2, 0.25) is 10.0 Å². The van der Waals surface area contributed by atoms with Crippen molar-refractivity contribution < 1.29 is 4.79 Å². The number of nitrogens with two attached hydrogens (primary N) is 1. The van der Waals surface area contributed by atoms with Gasteiger partial charge in [0.05, 0.1) is 5.02 Å². The predicted molar refractivity (Wildman–Crippen MR) is 157 cm³/mol. The lowest BCUT2D eigenvalue weighted by atomic mass is 9.95. The summed E-state index contributed by atoms with van der Waals surface area (Å²) in [5.74, 6) is 1.25. The highest BCUT2D eigenvalue weighted by Gasteiger charge is 2.36. The van der Waals surface area contributed by atoms with Crippen LogP contribution < -0.4 is 10.6 Å². The molecule has 2 aromatic heterocycles. The van der Waals surface area contributed by atoms with Gasteiger partial charge in [0.2, 0.25) is 5.91 Å². The molecular formula is C29H35Cl2N7O. The van der Waals surface area contributed by atoms with E-state index in [9.17, 15) is 4.79 Å². The number of hydrogen-bond acceptors (Lipinski definition) is 6. The summed E-state index contributed by atoms with van der Waals surface area (Å²) in [5.41, 5.74) is 7.62. The zero-order valence-electron chi connectivity index (χ0n) is 22.0. The second-order valence-corrected chi connectivity index (χ2v) is 11.1. The standard InChI is InChI=1S/C29H35Cl2N7O/c1-2-3-4-24-19-37(29-25(31)17-21(18-35-29)28-33-11-12-34-28)15-16-38(24)23-9-13-36(14-10-23)26(27(32)39)20-5-7-22(30)8-6-20/h2,5-8,11-12,17-18,23-24,26H,1,3-4,9-10,13-16,19H2,(H2,32,39)(H,33,34)/t24-,26+/m0/s1. The highest BCUT2D eigenvalue weighted by atomic mass is 35.5. The molecule has 5 rings (SSSR count). The van der Waals surface area contributed by atoms with Crippen LogP contribution in [0.25, 0.3) is 11.4 Å². The molecule has 0 bridgehead atoms. The molecule has 3 N–H and O–H groups in total. The molecule has 8 nitrogen and oxygen atoms in total. The fourth-order valence-corrected chi connectivity index (χ4v) is 6.41. The van der Waals surface area contributed by atoms with Gasteiger partial charge in [0.1, 0.15) is 17.7 Å². The molecule has 2 atom stereocenters. The fraction of sp³-hybridized carbons (Fsp3) is 0.414. The Kier molecular flexibility index (Phi) is 8.87. The third kappa shape index (κ3) is 6.30. The third-order valence-electron chi connectivity index (χ3n) is 7.91. The summed E-state index contributed by atoms with van der Waals surface area (Å²) in [6.45, 7) is 8.23. The van der Waals surface area contributed by atoms with Gasteiger partial charge in [-0.25, -0.2) is 9.97 Å². The zero-order chi connectivity index (χ0) is 27.4. The third-order valence-corrected chi connectivity index (χ3v) is 8.44. The van der Waals surface area contributed by atoms with Crippen molar-refractivity contribution in [2.45, 2.75) is 43.8 Å². The Hall–Kier alpha value is -2.91. The predicted octanol–water partition coefficient (Wildman–Crippen LogP) is 4.93. The van der Waals surface area contributed by atoms with Crippen molar-refractivity contribution in [1.29, 1.82) is 0 Å². The second-order valence-electron chi connectivity index (χ2n) is 10.3. The highest BCUT2D eigenvalue weighted by Crippen LogP contribution is 2.33. The number of nitrogens with zero attached hydrogens (tertiary/aromatic N) is 5. The Morgan fingerprint density at radius 1 is 1.15 bits per heavy atom. The molecular weight excluding hydrogens is 533 g/mol.